The van der Waals surface area contributed by atoms with Crippen molar-refractivity contribution in [2.45, 2.75) is 20.0 Å². The summed E-state index contributed by atoms with van der Waals surface area (Å²) in [6, 6.07) is 0. The molecule has 1 heterocycles. The summed E-state index contributed by atoms with van der Waals surface area (Å²) >= 11 is 0. The minimum atomic E-state index is 0.124. The Bertz CT molecular complexity index is 271. The summed E-state index contributed by atoms with van der Waals surface area (Å²) in [6.45, 7) is 7.55. The lowest BCUT2D eigenvalue weighted by atomic mass is 10.3. The Morgan fingerprint density at radius 1 is 1.58 bits per heavy atom. The monoisotopic (exact) mass is 164 g/mol. The Balaban J connectivity index is 2.89. The maximum Gasteiger partial charge on any atom is 0.224 e. The third-order valence-corrected chi connectivity index (χ3v) is 1.27. The first-order valence-electron chi connectivity index (χ1n) is 3.83. The molecule has 0 aliphatic carbocycles. The highest BCUT2D eigenvalue weighted by atomic mass is 16.5. The van der Waals surface area contributed by atoms with Gasteiger partial charge in [0, 0.05) is 6.20 Å². The van der Waals surface area contributed by atoms with Crippen molar-refractivity contribution in [1.29, 1.82) is 0 Å². The average molecular weight is 164 g/mol. The van der Waals surface area contributed by atoms with Crippen LogP contribution < -0.4 is 4.74 Å². The van der Waals surface area contributed by atoms with E-state index in [1.807, 2.05) is 13.8 Å². The van der Waals surface area contributed by atoms with Crippen LogP contribution in [0, 0.1) is 0 Å². The molecular weight excluding hydrogens is 152 g/mol. The van der Waals surface area contributed by atoms with Crippen LogP contribution in [0.3, 0.4) is 0 Å². The van der Waals surface area contributed by atoms with E-state index in [0.29, 0.717) is 5.88 Å². The zero-order valence-corrected chi connectivity index (χ0v) is 7.32. The van der Waals surface area contributed by atoms with Gasteiger partial charge in [-0.05, 0) is 13.8 Å². The highest BCUT2D eigenvalue weighted by Gasteiger charge is 2.02. The SMILES string of the molecule is C=Cc1cncnc1OC(C)C. The van der Waals surface area contributed by atoms with Gasteiger partial charge >= 0.3 is 0 Å². The number of ether oxygens (including phenoxy) is 1. The van der Waals surface area contributed by atoms with Crippen LogP contribution in [-0.4, -0.2) is 16.1 Å². The summed E-state index contributed by atoms with van der Waals surface area (Å²) in [6.07, 6.45) is 4.94. The molecule has 0 aliphatic rings. The minimum absolute atomic E-state index is 0.124. The topological polar surface area (TPSA) is 35.0 Å². The van der Waals surface area contributed by atoms with Crippen molar-refractivity contribution in [2.75, 3.05) is 0 Å². The summed E-state index contributed by atoms with van der Waals surface area (Å²) in [5.41, 5.74) is 0.825. The Hall–Kier alpha value is -1.38. The molecule has 0 radical (unpaired) electrons. The van der Waals surface area contributed by atoms with Gasteiger partial charge in [0.05, 0.1) is 11.7 Å². The maximum atomic E-state index is 5.41. The van der Waals surface area contributed by atoms with Gasteiger partial charge in [-0.2, -0.15) is 0 Å². The molecule has 0 amide bonds. The lowest BCUT2D eigenvalue weighted by Crippen LogP contribution is -2.08. The fraction of sp³-hybridized carbons (Fsp3) is 0.333. The van der Waals surface area contributed by atoms with E-state index in [0.717, 1.165) is 5.56 Å². The molecule has 1 aromatic heterocycles. The van der Waals surface area contributed by atoms with Crippen LogP contribution in [0.1, 0.15) is 19.4 Å². The maximum absolute atomic E-state index is 5.41. The second-order valence-corrected chi connectivity index (χ2v) is 2.65. The molecule has 64 valence electrons. The van der Waals surface area contributed by atoms with E-state index in [2.05, 4.69) is 16.5 Å². The Labute approximate surface area is 72.1 Å². The van der Waals surface area contributed by atoms with Gasteiger partial charge in [-0.1, -0.05) is 12.7 Å². The van der Waals surface area contributed by atoms with E-state index >= 15 is 0 Å². The fourth-order valence-corrected chi connectivity index (χ4v) is 0.791. The van der Waals surface area contributed by atoms with Crippen molar-refractivity contribution in [1.82, 2.24) is 9.97 Å². The molecule has 0 aromatic carbocycles. The van der Waals surface area contributed by atoms with E-state index in [1.54, 1.807) is 12.3 Å². The normalized spacial score (nSPS) is 9.92. The number of aromatic nitrogens is 2. The molecule has 12 heavy (non-hydrogen) atoms. The molecule has 0 saturated heterocycles. The zero-order chi connectivity index (χ0) is 8.97. The Morgan fingerprint density at radius 3 is 2.92 bits per heavy atom. The van der Waals surface area contributed by atoms with Gasteiger partial charge in [0.25, 0.3) is 0 Å². The first-order chi connectivity index (χ1) is 5.74. The summed E-state index contributed by atoms with van der Waals surface area (Å²) < 4.78 is 5.41. The molecule has 3 heteroatoms. The Morgan fingerprint density at radius 2 is 2.33 bits per heavy atom. The van der Waals surface area contributed by atoms with Gasteiger partial charge in [0.2, 0.25) is 5.88 Å². The summed E-state index contributed by atoms with van der Waals surface area (Å²) in [4.78, 5) is 7.85. The first kappa shape index (κ1) is 8.71. The molecule has 1 rings (SSSR count). The quantitative estimate of drug-likeness (QED) is 0.684. The van der Waals surface area contributed by atoms with Crippen molar-refractivity contribution >= 4 is 6.08 Å². The van der Waals surface area contributed by atoms with Crippen molar-refractivity contribution in [3.63, 3.8) is 0 Å². The lowest BCUT2D eigenvalue weighted by molar-refractivity contribution is 0.231. The molecule has 0 atom stereocenters. The third-order valence-electron chi connectivity index (χ3n) is 1.27. The molecule has 0 fully saturated rings. The van der Waals surface area contributed by atoms with E-state index in [4.69, 9.17) is 4.74 Å². The third kappa shape index (κ3) is 2.05. The van der Waals surface area contributed by atoms with Crippen LogP contribution in [-0.2, 0) is 0 Å². The predicted molar refractivity (Wildman–Crippen MR) is 47.9 cm³/mol. The highest BCUT2D eigenvalue weighted by molar-refractivity contribution is 5.50. The average Bonchev–Trinajstić information content (AvgIpc) is 2.04. The predicted octanol–water partition coefficient (Wildman–Crippen LogP) is 1.91. The van der Waals surface area contributed by atoms with Gasteiger partial charge in [-0.25, -0.2) is 9.97 Å². The number of hydrogen-bond donors (Lipinski definition) is 0. The summed E-state index contributed by atoms with van der Waals surface area (Å²) in [5.74, 6) is 0.593. The lowest BCUT2D eigenvalue weighted by Gasteiger charge is -2.09. The first-order valence-corrected chi connectivity index (χ1v) is 3.83. The van der Waals surface area contributed by atoms with Crippen molar-refractivity contribution in [2.24, 2.45) is 0 Å². The molecule has 0 spiro atoms. The van der Waals surface area contributed by atoms with Gasteiger partial charge in [-0.3, -0.25) is 0 Å². The standard InChI is InChI=1S/C9H12N2O/c1-4-8-5-10-6-11-9(8)12-7(2)3/h4-7H,1H2,2-3H3. The van der Waals surface area contributed by atoms with Gasteiger partial charge in [-0.15, -0.1) is 0 Å². The van der Waals surface area contributed by atoms with Crippen LogP contribution in [0.5, 0.6) is 5.88 Å². The molecular formula is C9H12N2O. The van der Waals surface area contributed by atoms with Crippen LogP contribution >= 0.6 is 0 Å². The van der Waals surface area contributed by atoms with Gasteiger partial charge < -0.3 is 4.74 Å². The number of nitrogens with zero attached hydrogens (tertiary/aromatic N) is 2. The van der Waals surface area contributed by atoms with Gasteiger partial charge in [0.1, 0.15) is 6.33 Å². The van der Waals surface area contributed by atoms with E-state index in [1.165, 1.54) is 6.33 Å². The zero-order valence-electron chi connectivity index (χ0n) is 7.32. The Kier molecular flexibility index (Phi) is 2.80. The fourth-order valence-electron chi connectivity index (χ4n) is 0.791. The summed E-state index contributed by atoms with van der Waals surface area (Å²) in [5, 5.41) is 0. The van der Waals surface area contributed by atoms with Crippen molar-refractivity contribution in [3.8, 4) is 5.88 Å². The van der Waals surface area contributed by atoms with Crippen LogP contribution in [0.15, 0.2) is 19.1 Å². The van der Waals surface area contributed by atoms with E-state index < -0.39 is 0 Å². The van der Waals surface area contributed by atoms with Gasteiger partial charge in [0.15, 0.2) is 0 Å². The second-order valence-electron chi connectivity index (χ2n) is 2.65. The van der Waals surface area contributed by atoms with E-state index in [9.17, 15) is 0 Å². The molecule has 0 N–H and O–H groups in total. The largest absolute Gasteiger partial charge is 0.474 e. The van der Waals surface area contributed by atoms with Crippen LogP contribution in [0.25, 0.3) is 6.08 Å². The van der Waals surface area contributed by atoms with Crippen LogP contribution in [0.2, 0.25) is 0 Å². The number of rotatable bonds is 3. The van der Waals surface area contributed by atoms with Crippen LogP contribution in [0.4, 0.5) is 0 Å². The number of hydrogen-bond acceptors (Lipinski definition) is 3. The van der Waals surface area contributed by atoms with E-state index in [-0.39, 0.29) is 6.10 Å². The second kappa shape index (κ2) is 3.85. The molecule has 3 nitrogen and oxygen atoms in total. The smallest absolute Gasteiger partial charge is 0.224 e. The highest BCUT2D eigenvalue weighted by Crippen LogP contribution is 2.14. The van der Waals surface area contributed by atoms with Crippen molar-refractivity contribution in [3.05, 3.63) is 24.7 Å². The summed E-state index contributed by atoms with van der Waals surface area (Å²) in [7, 11) is 0. The molecule has 0 aliphatic heterocycles. The molecule has 1 aromatic rings. The minimum Gasteiger partial charge on any atom is -0.474 e. The molecule has 0 bridgehead atoms. The molecule has 0 unspecified atom stereocenters. The van der Waals surface area contributed by atoms with Crippen molar-refractivity contribution < 1.29 is 4.74 Å². The molecule has 0 saturated carbocycles.